The first-order chi connectivity index (χ1) is 13.0. The van der Waals surface area contributed by atoms with Crippen molar-refractivity contribution in [3.63, 3.8) is 0 Å². The first-order valence-electron chi connectivity index (χ1n) is 9.38. The van der Waals surface area contributed by atoms with Crippen molar-refractivity contribution in [1.82, 2.24) is 14.9 Å². The number of anilines is 1. The summed E-state index contributed by atoms with van der Waals surface area (Å²) in [6, 6.07) is 14.0. The van der Waals surface area contributed by atoms with Crippen LogP contribution in [0.15, 0.2) is 42.5 Å². The van der Waals surface area contributed by atoms with E-state index in [0.717, 1.165) is 52.3 Å². The van der Waals surface area contributed by atoms with E-state index in [4.69, 9.17) is 0 Å². The second-order valence-corrected chi connectivity index (χ2v) is 7.11. The van der Waals surface area contributed by atoms with Crippen LogP contribution in [0.3, 0.4) is 0 Å². The molecule has 5 nitrogen and oxygen atoms in total. The van der Waals surface area contributed by atoms with Crippen LogP contribution in [0.4, 0.5) is 5.82 Å². The van der Waals surface area contributed by atoms with Gasteiger partial charge in [-0.15, -0.1) is 0 Å². The lowest BCUT2D eigenvalue weighted by atomic mass is 10.0. The van der Waals surface area contributed by atoms with Crippen molar-refractivity contribution in [1.29, 1.82) is 0 Å². The number of benzene rings is 2. The van der Waals surface area contributed by atoms with Gasteiger partial charge in [-0.05, 0) is 37.6 Å². The lowest BCUT2D eigenvalue weighted by Gasteiger charge is -2.36. The highest BCUT2D eigenvalue weighted by Gasteiger charge is 2.25. The molecule has 2 aromatic carbocycles. The third kappa shape index (κ3) is 3.25. The van der Waals surface area contributed by atoms with E-state index in [0.29, 0.717) is 13.1 Å². The van der Waals surface area contributed by atoms with E-state index in [-0.39, 0.29) is 5.91 Å². The van der Waals surface area contributed by atoms with Gasteiger partial charge in [-0.2, -0.15) is 0 Å². The van der Waals surface area contributed by atoms with Crippen LogP contribution in [0.1, 0.15) is 27.4 Å². The van der Waals surface area contributed by atoms with Crippen LogP contribution < -0.4 is 4.90 Å². The van der Waals surface area contributed by atoms with Gasteiger partial charge < -0.3 is 9.80 Å². The molecule has 138 valence electrons. The molecule has 5 heteroatoms. The van der Waals surface area contributed by atoms with Crippen molar-refractivity contribution >= 4 is 22.5 Å². The fourth-order valence-electron chi connectivity index (χ4n) is 3.76. The molecule has 4 rings (SSSR count). The highest BCUT2D eigenvalue weighted by molar-refractivity contribution is 6.07. The van der Waals surface area contributed by atoms with E-state index in [1.165, 1.54) is 0 Å². The van der Waals surface area contributed by atoms with E-state index in [1.807, 2.05) is 61.2 Å². The molecule has 1 aromatic heterocycles. The van der Waals surface area contributed by atoms with Crippen molar-refractivity contribution in [3.05, 3.63) is 65.1 Å². The Morgan fingerprint density at radius 1 is 0.889 bits per heavy atom. The van der Waals surface area contributed by atoms with Gasteiger partial charge in [-0.1, -0.05) is 36.4 Å². The predicted molar refractivity (Wildman–Crippen MR) is 108 cm³/mol. The van der Waals surface area contributed by atoms with Crippen molar-refractivity contribution < 1.29 is 4.79 Å². The fourth-order valence-corrected chi connectivity index (χ4v) is 3.76. The fraction of sp³-hybridized carbons (Fsp3) is 0.318. The summed E-state index contributed by atoms with van der Waals surface area (Å²) in [5.41, 5.74) is 2.92. The first kappa shape index (κ1) is 17.5. The molecule has 1 fully saturated rings. The summed E-state index contributed by atoms with van der Waals surface area (Å²) in [5, 5.41) is 2.12. The molecule has 2 heterocycles. The van der Waals surface area contributed by atoms with E-state index in [2.05, 4.69) is 21.8 Å². The Morgan fingerprint density at radius 3 is 2.37 bits per heavy atom. The quantitative estimate of drug-likeness (QED) is 0.702. The van der Waals surface area contributed by atoms with E-state index < -0.39 is 0 Å². The minimum atomic E-state index is 0.109. The maximum absolute atomic E-state index is 13.1. The maximum Gasteiger partial charge on any atom is 0.254 e. The van der Waals surface area contributed by atoms with Gasteiger partial charge >= 0.3 is 0 Å². The van der Waals surface area contributed by atoms with E-state index >= 15 is 0 Å². The van der Waals surface area contributed by atoms with Crippen molar-refractivity contribution in [2.24, 2.45) is 0 Å². The molecule has 1 saturated heterocycles. The SMILES string of the molecule is Cc1nc(C)c(C)c(N2CCN(C(=O)c3cccc4ccccc34)CC2)n1. The molecule has 0 atom stereocenters. The molecule has 3 aromatic rings. The van der Waals surface area contributed by atoms with Crippen molar-refractivity contribution in [2.45, 2.75) is 20.8 Å². The lowest BCUT2D eigenvalue weighted by Crippen LogP contribution is -2.49. The second-order valence-electron chi connectivity index (χ2n) is 7.11. The van der Waals surface area contributed by atoms with Gasteiger partial charge in [0.1, 0.15) is 11.6 Å². The molecule has 0 aliphatic carbocycles. The number of amides is 1. The summed E-state index contributed by atoms with van der Waals surface area (Å²) in [4.78, 5) is 26.4. The molecule has 0 unspecified atom stereocenters. The summed E-state index contributed by atoms with van der Waals surface area (Å²) < 4.78 is 0. The summed E-state index contributed by atoms with van der Waals surface area (Å²) in [7, 11) is 0. The Morgan fingerprint density at radius 2 is 1.59 bits per heavy atom. The van der Waals surface area contributed by atoms with Gasteiger partial charge in [0.25, 0.3) is 5.91 Å². The standard InChI is InChI=1S/C22H24N4O/c1-15-16(2)23-17(3)24-21(15)25-11-13-26(14-12-25)22(27)20-10-6-8-18-7-4-5-9-19(18)20/h4-10H,11-14H2,1-3H3. The van der Waals surface area contributed by atoms with Gasteiger partial charge in [0, 0.05) is 43.0 Å². The lowest BCUT2D eigenvalue weighted by molar-refractivity contribution is 0.0748. The number of hydrogen-bond donors (Lipinski definition) is 0. The topological polar surface area (TPSA) is 49.3 Å². The second kappa shape index (κ2) is 6.99. The summed E-state index contributed by atoms with van der Waals surface area (Å²) >= 11 is 0. The number of aryl methyl sites for hydroxylation is 2. The zero-order chi connectivity index (χ0) is 19.0. The Hall–Kier alpha value is -2.95. The Bertz CT molecular complexity index is 1000. The molecular formula is C22H24N4O. The van der Waals surface area contributed by atoms with Gasteiger partial charge in [0.15, 0.2) is 0 Å². The predicted octanol–water partition coefficient (Wildman–Crippen LogP) is 3.52. The van der Waals surface area contributed by atoms with Crippen LogP contribution in [0.25, 0.3) is 10.8 Å². The minimum Gasteiger partial charge on any atom is -0.353 e. The monoisotopic (exact) mass is 360 g/mol. The number of fused-ring (bicyclic) bond motifs is 1. The largest absolute Gasteiger partial charge is 0.353 e. The number of rotatable bonds is 2. The summed E-state index contributed by atoms with van der Waals surface area (Å²) in [6.45, 7) is 8.98. The molecule has 0 spiro atoms. The molecule has 1 aliphatic heterocycles. The van der Waals surface area contributed by atoms with Crippen molar-refractivity contribution in [2.75, 3.05) is 31.1 Å². The zero-order valence-corrected chi connectivity index (χ0v) is 16.1. The highest BCUT2D eigenvalue weighted by Crippen LogP contribution is 2.23. The third-order valence-corrected chi connectivity index (χ3v) is 5.36. The van der Waals surface area contributed by atoms with Gasteiger partial charge in [-0.3, -0.25) is 4.79 Å². The van der Waals surface area contributed by atoms with Gasteiger partial charge in [0.05, 0.1) is 0 Å². The molecule has 0 N–H and O–H groups in total. The maximum atomic E-state index is 13.1. The molecule has 1 aliphatic rings. The summed E-state index contributed by atoms with van der Waals surface area (Å²) in [6.07, 6.45) is 0. The van der Waals surface area contributed by atoms with Crippen LogP contribution in [0, 0.1) is 20.8 Å². The normalized spacial score (nSPS) is 14.6. The minimum absolute atomic E-state index is 0.109. The highest BCUT2D eigenvalue weighted by atomic mass is 16.2. The molecule has 1 amide bonds. The molecule has 0 radical (unpaired) electrons. The molecule has 0 bridgehead atoms. The average molecular weight is 360 g/mol. The Balaban J connectivity index is 1.53. The number of carbonyl (C=O) groups excluding carboxylic acids is 1. The number of hydrogen-bond acceptors (Lipinski definition) is 4. The molecular weight excluding hydrogens is 336 g/mol. The van der Waals surface area contributed by atoms with Crippen LogP contribution in [-0.2, 0) is 0 Å². The zero-order valence-electron chi connectivity index (χ0n) is 16.1. The Kier molecular flexibility index (Phi) is 4.52. The van der Waals surface area contributed by atoms with Crippen LogP contribution in [0.2, 0.25) is 0 Å². The Labute approximate surface area is 159 Å². The van der Waals surface area contributed by atoms with Gasteiger partial charge in [-0.25, -0.2) is 9.97 Å². The van der Waals surface area contributed by atoms with E-state index in [9.17, 15) is 4.79 Å². The molecule has 27 heavy (non-hydrogen) atoms. The van der Waals surface area contributed by atoms with Crippen LogP contribution in [-0.4, -0.2) is 47.0 Å². The number of aromatic nitrogens is 2. The van der Waals surface area contributed by atoms with Crippen LogP contribution in [0.5, 0.6) is 0 Å². The smallest absolute Gasteiger partial charge is 0.254 e. The number of piperazine rings is 1. The van der Waals surface area contributed by atoms with E-state index in [1.54, 1.807) is 0 Å². The number of carbonyl (C=O) groups is 1. The number of nitrogens with zero attached hydrogens (tertiary/aromatic N) is 4. The van der Waals surface area contributed by atoms with Crippen LogP contribution >= 0.6 is 0 Å². The molecule has 0 saturated carbocycles. The summed E-state index contributed by atoms with van der Waals surface area (Å²) in [5.74, 6) is 1.90. The average Bonchev–Trinajstić information content (AvgIpc) is 2.70. The first-order valence-corrected chi connectivity index (χ1v) is 9.38. The van der Waals surface area contributed by atoms with Crippen molar-refractivity contribution in [3.8, 4) is 0 Å². The third-order valence-electron chi connectivity index (χ3n) is 5.36. The van der Waals surface area contributed by atoms with Gasteiger partial charge in [0.2, 0.25) is 0 Å².